The van der Waals surface area contributed by atoms with Gasteiger partial charge >= 0.3 is 48.9 Å². The summed E-state index contributed by atoms with van der Waals surface area (Å²) in [6, 6.07) is 16.8. The molecular weight excluding hydrogens is 295 g/mol. The molecule has 14 heavy (non-hydrogen) atoms. The molecule has 0 saturated carbocycles. The van der Waals surface area contributed by atoms with Gasteiger partial charge in [0.25, 0.3) is 0 Å². The fraction of sp³-hybridized carbons (Fsp3) is 0. The maximum Gasteiger partial charge on any atom is 2.00 e. The van der Waals surface area contributed by atoms with Gasteiger partial charge < -0.3 is 7.84 Å². The summed E-state index contributed by atoms with van der Waals surface area (Å²) < 4.78 is 0. The van der Waals surface area contributed by atoms with E-state index in [4.69, 9.17) is 0 Å². The minimum absolute atomic E-state index is 0. The second-order valence-corrected chi connectivity index (χ2v) is 3.22. The average Bonchev–Trinajstić information content (AvgIpc) is 2.56. The Morgan fingerprint density at radius 1 is 0.714 bits per heavy atom. The van der Waals surface area contributed by atoms with Gasteiger partial charge in [0.05, 0.1) is 0 Å². The zero-order valence-electron chi connectivity index (χ0n) is 9.83. The van der Waals surface area contributed by atoms with Crippen LogP contribution in [0.1, 0.15) is 2.85 Å². The van der Waals surface area contributed by atoms with E-state index in [9.17, 15) is 0 Å². The van der Waals surface area contributed by atoms with Crippen molar-refractivity contribution in [3.8, 4) is 0 Å². The molecule has 1 N–H and O–H groups in total. The molecule has 2 heteroatoms. The molecule has 0 bridgehead atoms. The van der Waals surface area contributed by atoms with Crippen LogP contribution >= 0.6 is 0 Å². The summed E-state index contributed by atoms with van der Waals surface area (Å²) in [5.74, 6) is 0. The smallest absolute Gasteiger partial charge is 1.00 e. The van der Waals surface area contributed by atoms with Crippen LogP contribution in [-0.2, 0) is 0 Å². The number of aromatic nitrogens is 1. The number of hydrogen-bond donors (Lipinski definition) is 1. The Morgan fingerprint density at radius 2 is 1.14 bits per heavy atom. The molecule has 0 saturated heterocycles. The van der Waals surface area contributed by atoms with Crippen molar-refractivity contribution < 1.29 is 2.85 Å². The van der Waals surface area contributed by atoms with Gasteiger partial charge in [0.2, 0.25) is 0 Å². The van der Waals surface area contributed by atoms with Crippen molar-refractivity contribution in [1.82, 2.24) is 4.98 Å². The van der Waals surface area contributed by atoms with Gasteiger partial charge in [-0.15, -0.1) is 0 Å². The van der Waals surface area contributed by atoms with Crippen molar-refractivity contribution >= 4 is 70.7 Å². The van der Waals surface area contributed by atoms with Gasteiger partial charge in [0, 0.05) is 21.8 Å². The fourth-order valence-corrected chi connectivity index (χ4v) is 1.80. The first kappa shape index (κ1) is 10.3. The molecule has 0 aliphatic carbocycles. The summed E-state index contributed by atoms with van der Waals surface area (Å²) >= 11 is 0. The van der Waals surface area contributed by atoms with E-state index in [0.717, 1.165) is 0 Å². The summed E-state index contributed by atoms with van der Waals surface area (Å²) in [4.78, 5) is 3.38. The second-order valence-electron chi connectivity index (χ2n) is 3.22. The van der Waals surface area contributed by atoms with Crippen molar-refractivity contribution in [3.63, 3.8) is 0 Å². The molecule has 0 atom stereocenters. The van der Waals surface area contributed by atoms with Crippen LogP contribution in [0.3, 0.4) is 0 Å². The molecule has 0 aliphatic heterocycles. The SMILES string of the molecule is [Ba+2].[H-].[H-].c1ccc2c(c1)[nH]c1ccccc12. The Kier molecular flexibility index (Phi) is 3.05. The van der Waals surface area contributed by atoms with Gasteiger partial charge in [-0.3, -0.25) is 0 Å². The number of H-pyrrole nitrogens is 1. The van der Waals surface area contributed by atoms with Gasteiger partial charge in [0.15, 0.2) is 0 Å². The van der Waals surface area contributed by atoms with E-state index in [-0.39, 0.29) is 51.7 Å². The van der Waals surface area contributed by atoms with E-state index in [1.54, 1.807) is 0 Å². The number of fused-ring (bicyclic) bond motifs is 3. The number of aromatic amines is 1. The third-order valence-corrected chi connectivity index (χ3v) is 2.41. The molecule has 0 unspecified atom stereocenters. The standard InChI is InChI=1S/C12H9N.Ba.2H/c1-3-7-11-9(5-1)10-6-2-4-8-12(10)13-11;;;/h1-8,13H;;;/q;+2;2*-1. The zero-order chi connectivity index (χ0) is 8.67. The summed E-state index contributed by atoms with van der Waals surface area (Å²) in [5, 5.41) is 2.61. The van der Waals surface area contributed by atoms with Crippen LogP contribution < -0.4 is 0 Å². The first-order valence-corrected chi connectivity index (χ1v) is 4.40. The summed E-state index contributed by atoms with van der Waals surface area (Å²) in [6.07, 6.45) is 0. The van der Waals surface area contributed by atoms with E-state index in [0.29, 0.717) is 0 Å². The molecule has 3 rings (SSSR count). The van der Waals surface area contributed by atoms with Crippen molar-refractivity contribution in [2.75, 3.05) is 0 Å². The molecule has 0 amide bonds. The Labute approximate surface area is 126 Å². The molecule has 0 aliphatic rings. The number of hydrogen-bond acceptors (Lipinski definition) is 0. The molecule has 0 spiro atoms. The minimum atomic E-state index is 0. The maximum atomic E-state index is 3.38. The van der Waals surface area contributed by atoms with Gasteiger partial charge in [-0.2, -0.15) is 0 Å². The molecule has 0 fully saturated rings. The molecule has 3 aromatic rings. The Morgan fingerprint density at radius 3 is 1.64 bits per heavy atom. The van der Waals surface area contributed by atoms with E-state index < -0.39 is 0 Å². The van der Waals surface area contributed by atoms with E-state index >= 15 is 0 Å². The summed E-state index contributed by atoms with van der Waals surface area (Å²) in [5.41, 5.74) is 2.42. The van der Waals surface area contributed by atoms with Gasteiger partial charge in [-0.1, -0.05) is 36.4 Å². The van der Waals surface area contributed by atoms with Crippen molar-refractivity contribution in [2.24, 2.45) is 0 Å². The first-order chi connectivity index (χ1) is 6.45. The maximum absolute atomic E-state index is 3.38. The van der Waals surface area contributed by atoms with Crippen molar-refractivity contribution in [3.05, 3.63) is 48.5 Å². The van der Waals surface area contributed by atoms with E-state index in [1.807, 2.05) is 0 Å². The quantitative estimate of drug-likeness (QED) is 0.614. The van der Waals surface area contributed by atoms with Gasteiger partial charge in [-0.25, -0.2) is 0 Å². The van der Waals surface area contributed by atoms with Crippen LogP contribution in [0, 0.1) is 0 Å². The fourth-order valence-electron chi connectivity index (χ4n) is 1.80. The molecule has 1 aromatic heterocycles. The molecule has 66 valence electrons. The monoisotopic (exact) mass is 307 g/mol. The topological polar surface area (TPSA) is 15.8 Å². The second kappa shape index (κ2) is 4.13. The molecule has 0 radical (unpaired) electrons. The van der Waals surface area contributed by atoms with Crippen LogP contribution in [-0.4, -0.2) is 53.9 Å². The molecule has 2 aromatic carbocycles. The normalized spacial score (nSPS) is 10.3. The molecular formula is C12H11BaN. The van der Waals surface area contributed by atoms with Crippen LogP contribution in [0.15, 0.2) is 48.5 Å². The van der Waals surface area contributed by atoms with Crippen LogP contribution in [0.5, 0.6) is 0 Å². The van der Waals surface area contributed by atoms with Crippen LogP contribution in [0.2, 0.25) is 0 Å². The average molecular weight is 307 g/mol. The first-order valence-electron chi connectivity index (χ1n) is 4.40. The Balaban J connectivity index is 0.000000750. The minimum Gasteiger partial charge on any atom is -1.00 e. The van der Waals surface area contributed by atoms with Gasteiger partial charge in [-0.05, 0) is 12.1 Å². The third kappa shape index (κ3) is 1.55. The Bertz CT molecular complexity index is 527. The predicted octanol–water partition coefficient (Wildman–Crippen LogP) is 3.17. The zero-order valence-corrected chi connectivity index (χ0v) is 12.3. The van der Waals surface area contributed by atoms with Crippen molar-refractivity contribution in [1.29, 1.82) is 0 Å². The van der Waals surface area contributed by atoms with E-state index in [1.165, 1.54) is 21.8 Å². The molecule has 1 nitrogen and oxygen atoms in total. The summed E-state index contributed by atoms with van der Waals surface area (Å²) in [7, 11) is 0. The number of benzene rings is 2. The summed E-state index contributed by atoms with van der Waals surface area (Å²) in [6.45, 7) is 0. The predicted molar refractivity (Wildman–Crippen MR) is 63.8 cm³/mol. The third-order valence-electron chi connectivity index (χ3n) is 2.41. The number of nitrogens with one attached hydrogen (secondary N) is 1. The van der Waals surface area contributed by atoms with E-state index in [2.05, 4.69) is 53.5 Å². The van der Waals surface area contributed by atoms with Gasteiger partial charge in [0.1, 0.15) is 0 Å². The molecule has 1 heterocycles. The number of rotatable bonds is 0. The Hall–Kier alpha value is -0.189. The van der Waals surface area contributed by atoms with Crippen LogP contribution in [0.25, 0.3) is 21.8 Å². The van der Waals surface area contributed by atoms with Crippen molar-refractivity contribution in [2.45, 2.75) is 0 Å². The largest absolute Gasteiger partial charge is 2.00 e. The number of para-hydroxylation sites is 2. The van der Waals surface area contributed by atoms with Crippen LogP contribution in [0.4, 0.5) is 0 Å².